The predicted octanol–water partition coefficient (Wildman–Crippen LogP) is -0.0108. The Morgan fingerprint density at radius 1 is 1.55 bits per heavy atom. The van der Waals surface area contributed by atoms with Crippen LogP contribution in [0.3, 0.4) is 0 Å². The van der Waals surface area contributed by atoms with Crippen molar-refractivity contribution in [2.75, 3.05) is 0 Å². The van der Waals surface area contributed by atoms with Crippen LogP contribution in [0.15, 0.2) is 0 Å². The van der Waals surface area contributed by atoms with Crippen LogP contribution in [-0.4, -0.2) is 11.4 Å². The van der Waals surface area contributed by atoms with Gasteiger partial charge in [-0.15, -0.1) is 0 Å². The molecule has 2 rings (SSSR count). The Hall–Kier alpha value is -0.410. The van der Waals surface area contributed by atoms with Crippen molar-refractivity contribution in [3.8, 4) is 0 Å². The van der Waals surface area contributed by atoms with E-state index in [9.17, 15) is 4.79 Å². The maximum absolute atomic E-state index is 11.6. The van der Waals surface area contributed by atoms with Crippen molar-refractivity contribution in [3.63, 3.8) is 0 Å². The molecule has 2 atom stereocenters. The van der Waals surface area contributed by atoms with Gasteiger partial charge in [0, 0.05) is 5.41 Å². The molecule has 0 aromatic rings. The highest BCUT2D eigenvalue weighted by Crippen LogP contribution is 2.53. The maximum Gasteiger partial charge on any atom is 0.173 e. The summed E-state index contributed by atoms with van der Waals surface area (Å²) in [5, 5.41) is 0. The average Bonchev–Trinajstić information content (AvgIpc) is 2.36. The third-order valence-electron chi connectivity index (χ3n) is 3.36. The van der Waals surface area contributed by atoms with Gasteiger partial charge in [-0.1, -0.05) is 6.92 Å². The van der Waals surface area contributed by atoms with Gasteiger partial charge in [0.2, 0.25) is 0 Å². The lowest BCUT2D eigenvalue weighted by Crippen LogP contribution is -2.61. The van der Waals surface area contributed by atoms with Crippen LogP contribution in [0.1, 0.15) is 26.2 Å². The first-order valence-corrected chi connectivity index (χ1v) is 4.09. The van der Waals surface area contributed by atoms with Crippen LogP contribution in [0.25, 0.3) is 0 Å². The van der Waals surface area contributed by atoms with E-state index in [0.29, 0.717) is 0 Å². The lowest BCUT2D eigenvalue weighted by Gasteiger charge is -2.30. The molecule has 62 valence electrons. The van der Waals surface area contributed by atoms with Gasteiger partial charge in [-0.25, -0.2) is 0 Å². The zero-order valence-electron chi connectivity index (χ0n) is 6.76. The van der Waals surface area contributed by atoms with Gasteiger partial charge >= 0.3 is 0 Å². The number of carbonyl (C=O) groups excluding carboxylic acids is 1. The maximum atomic E-state index is 11.6. The van der Waals surface area contributed by atoms with Gasteiger partial charge in [-0.05, 0) is 25.2 Å². The molecule has 0 amide bonds. The van der Waals surface area contributed by atoms with Gasteiger partial charge in [0.05, 0.1) is 0 Å². The van der Waals surface area contributed by atoms with Crippen LogP contribution in [0.2, 0.25) is 0 Å². The largest absolute Gasteiger partial charge is 0.307 e. The molecule has 2 fully saturated rings. The zero-order valence-corrected chi connectivity index (χ0v) is 6.76. The number of fused-ring (bicyclic) bond motifs is 2. The van der Waals surface area contributed by atoms with Crippen molar-refractivity contribution in [2.45, 2.75) is 31.8 Å². The van der Waals surface area contributed by atoms with Crippen molar-refractivity contribution < 1.29 is 4.79 Å². The van der Waals surface area contributed by atoms with E-state index >= 15 is 0 Å². The van der Waals surface area contributed by atoms with Gasteiger partial charge in [0.1, 0.15) is 5.66 Å². The van der Waals surface area contributed by atoms with Gasteiger partial charge < -0.3 is 11.5 Å². The summed E-state index contributed by atoms with van der Waals surface area (Å²) in [6.45, 7) is 1.98. The fourth-order valence-corrected chi connectivity index (χ4v) is 2.56. The molecule has 0 aromatic carbocycles. The van der Waals surface area contributed by atoms with Crippen molar-refractivity contribution in [2.24, 2.45) is 22.8 Å². The molecule has 3 heteroatoms. The molecular weight excluding hydrogens is 140 g/mol. The van der Waals surface area contributed by atoms with E-state index in [-0.39, 0.29) is 17.1 Å². The van der Waals surface area contributed by atoms with Gasteiger partial charge in [0.15, 0.2) is 5.78 Å². The van der Waals surface area contributed by atoms with Crippen molar-refractivity contribution in [1.82, 2.24) is 0 Å². The summed E-state index contributed by atoms with van der Waals surface area (Å²) in [5.74, 6) is 0.307. The van der Waals surface area contributed by atoms with E-state index in [4.69, 9.17) is 11.5 Å². The summed E-state index contributed by atoms with van der Waals surface area (Å²) >= 11 is 0. The monoisotopic (exact) mass is 154 g/mol. The Balaban J connectivity index is 2.42. The molecule has 0 saturated heterocycles. The highest BCUT2D eigenvalue weighted by atomic mass is 16.1. The lowest BCUT2D eigenvalue weighted by atomic mass is 9.81. The molecule has 2 unspecified atom stereocenters. The molecular formula is C8H14N2O. The second-order valence-electron chi connectivity index (χ2n) is 4.26. The SMILES string of the molecule is CC12CCC(C1)C(N)(N)C2=O. The van der Waals surface area contributed by atoms with Gasteiger partial charge in [-0.2, -0.15) is 0 Å². The zero-order chi connectivity index (χ0) is 8.28. The smallest absolute Gasteiger partial charge is 0.173 e. The highest BCUT2D eigenvalue weighted by Gasteiger charge is 2.60. The number of rotatable bonds is 0. The van der Waals surface area contributed by atoms with Crippen LogP contribution in [0.5, 0.6) is 0 Å². The van der Waals surface area contributed by atoms with Crippen LogP contribution in [0.4, 0.5) is 0 Å². The Kier molecular flexibility index (Phi) is 1.10. The van der Waals surface area contributed by atoms with E-state index in [1.165, 1.54) is 0 Å². The van der Waals surface area contributed by atoms with Crippen LogP contribution in [0, 0.1) is 11.3 Å². The molecule has 2 aliphatic carbocycles. The van der Waals surface area contributed by atoms with E-state index < -0.39 is 5.66 Å². The summed E-state index contributed by atoms with van der Waals surface area (Å²) in [4.78, 5) is 11.6. The van der Waals surface area contributed by atoms with E-state index in [2.05, 4.69) is 0 Å². The Labute approximate surface area is 66.1 Å². The van der Waals surface area contributed by atoms with Crippen molar-refractivity contribution >= 4 is 5.78 Å². The third-order valence-corrected chi connectivity index (χ3v) is 3.36. The molecule has 2 aliphatic rings. The fraction of sp³-hybridized carbons (Fsp3) is 0.875. The molecule has 2 bridgehead atoms. The van der Waals surface area contributed by atoms with E-state index in [0.717, 1.165) is 19.3 Å². The molecule has 0 heterocycles. The molecule has 3 nitrogen and oxygen atoms in total. The summed E-state index contributed by atoms with van der Waals surface area (Å²) in [6, 6.07) is 0. The number of ketones is 1. The Morgan fingerprint density at radius 2 is 2.18 bits per heavy atom. The number of hydrogen-bond acceptors (Lipinski definition) is 3. The summed E-state index contributed by atoms with van der Waals surface area (Å²) in [7, 11) is 0. The number of carbonyl (C=O) groups is 1. The molecule has 0 aliphatic heterocycles. The van der Waals surface area contributed by atoms with E-state index in [1.54, 1.807) is 0 Å². The first-order chi connectivity index (χ1) is 4.97. The lowest BCUT2D eigenvalue weighted by molar-refractivity contribution is -0.131. The highest BCUT2D eigenvalue weighted by molar-refractivity contribution is 5.96. The van der Waals surface area contributed by atoms with Crippen molar-refractivity contribution in [3.05, 3.63) is 0 Å². The molecule has 0 aromatic heterocycles. The first kappa shape index (κ1) is 7.25. The minimum Gasteiger partial charge on any atom is -0.307 e. The predicted molar refractivity (Wildman–Crippen MR) is 41.6 cm³/mol. The van der Waals surface area contributed by atoms with Crippen LogP contribution >= 0.6 is 0 Å². The number of Topliss-reactive ketones (excluding diaryl/α,β-unsaturated/α-hetero) is 1. The van der Waals surface area contributed by atoms with Gasteiger partial charge in [0.25, 0.3) is 0 Å². The second kappa shape index (κ2) is 1.67. The Bertz CT molecular complexity index is 217. The minimum atomic E-state index is -1.01. The average molecular weight is 154 g/mol. The van der Waals surface area contributed by atoms with Crippen molar-refractivity contribution in [1.29, 1.82) is 0 Å². The van der Waals surface area contributed by atoms with Crippen LogP contribution in [-0.2, 0) is 4.79 Å². The Morgan fingerprint density at radius 3 is 2.45 bits per heavy atom. The summed E-state index contributed by atoms with van der Waals surface area (Å²) in [5.41, 5.74) is 10.2. The van der Waals surface area contributed by atoms with Gasteiger partial charge in [-0.3, -0.25) is 4.79 Å². The van der Waals surface area contributed by atoms with E-state index in [1.807, 2.05) is 6.92 Å². The standard InChI is InChI=1S/C8H14N2O/c1-7-3-2-5(4-7)8(9,10)6(7)11/h5H,2-4,9-10H2,1H3. The fourth-order valence-electron chi connectivity index (χ4n) is 2.56. The minimum absolute atomic E-state index is 0.0706. The summed E-state index contributed by atoms with van der Waals surface area (Å²) < 4.78 is 0. The van der Waals surface area contributed by atoms with Crippen LogP contribution < -0.4 is 11.5 Å². The molecule has 0 spiro atoms. The molecule has 0 radical (unpaired) electrons. The molecule has 11 heavy (non-hydrogen) atoms. The topological polar surface area (TPSA) is 69.1 Å². The summed E-state index contributed by atoms with van der Waals surface area (Å²) in [6.07, 6.45) is 2.90. The number of hydrogen-bond donors (Lipinski definition) is 2. The quantitative estimate of drug-likeness (QED) is 0.482. The second-order valence-corrected chi connectivity index (χ2v) is 4.26. The first-order valence-electron chi connectivity index (χ1n) is 4.09. The third kappa shape index (κ3) is 0.676. The normalized spacial score (nSPS) is 46.8. The molecule has 2 saturated carbocycles. The number of nitrogens with two attached hydrogens (primary N) is 2. The molecule has 4 N–H and O–H groups in total.